The Balaban J connectivity index is 1.75. The van der Waals surface area contributed by atoms with E-state index in [9.17, 15) is 14.7 Å². The van der Waals surface area contributed by atoms with Gasteiger partial charge in [-0.2, -0.15) is 0 Å². The van der Waals surface area contributed by atoms with E-state index < -0.39 is 5.97 Å². The number of hydrogen-bond donors (Lipinski definition) is 2. The van der Waals surface area contributed by atoms with Gasteiger partial charge >= 0.3 is 5.97 Å². The Bertz CT molecular complexity index is 876. The fourth-order valence-corrected chi connectivity index (χ4v) is 2.37. The molecule has 2 heterocycles. The van der Waals surface area contributed by atoms with Crippen LogP contribution in [-0.4, -0.2) is 27.1 Å². The van der Waals surface area contributed by atoms with Crippen LogP contribution in [0.2, 0.25) is 0 Å². The number of amides is 1. The number of aromatic carboxylic acids is 1. The molecule has 7 nitrogen and oxygen atoms in total. The van der Waals surface area contributed by atoms with Gasteiger partial charge in [-0.15, -0.1) is 0 Å². The smallest absolute Gasteiger partial charge is 0.343 e. The Hall–Kier alpha value is -3.48. The molecule has 3 rings (SSSR count). The summed E-state index contributed by atoms with van der Waals surface area (Å²) < 4.78 is 5.05. The third-order valence-electron chi connectivity index (χ3n) is 3.60. The number of aryl methyl sites for hydroxylation is 1. The number of anilines is 1. The predicted octanol–water partition coefficient (Wildman–Crippen LogP) is 3.01. The minimum atomic E-state index is -1.23. The van der Waals surface area contributed by atoms with Gasteiger partial charge in [0.1, 0.15) is 5.69 Å². The van der Waals surface area contributed by atoms with Crippen molar-refractivity contribution in [1.29, 1.82) is 0 Å². The van der Waals surface area contributed by atoms with Gasteiger partial charge in [0.15, 0.2) is 5.56 Å². The van der Waals surface area contributed by atoms with Crippen LogP contribution in [0.3, 0.4) is 0 Å². The zero-order chi connectivity index (χ0) is 17.6. The first-order valence-electron chi connectivity index (χ1n) is 7.62. The zero-order valence-electron chi connectivity index (χ0n) is 13.2. The standard InChI is InChI=1S/C18H15N3O4/c22-14(7-6-12-4-2-1-3-5-12)20-17-15(18(23)24)16(21-25-17)13-8-10-19-11-9-13/h1-5,8-11H,6-7H2,(H,20,22)(H,23,24). The Kier molecular flexibility index (Phi) is 4.84. The Morgan fingerprint density at radius 2 is 1.80 bits per heavy atom. The number of nitrogens with one attached hydrogen (secondary N) is 1. The van der Waals surface area contributed by atoms with Crippen molar-refractivity contribution in [2.45, 2.75) is 12.8 Å². The molecule has 7 heteroatoms. The first-order chi connectivity index (χ1) is 12.1. The van der Waals surface area contributed by atoms with Crippen LogP contribution < -0.4 is 5.32 Å². The van der Waals surface area contributed by atoms with Crippen molar-refractivity contribution < 1.29 is 19.2 Å². The average Bonchev–Trinajstić information content (AvgIpc) is 3.05. The predicted molar refractivity (Wildman–Crippen MR) is 90.1 cm³/mol. The highest BCUT2D eigenvalue weighted by molar-refractivity contribution is 6.03. The number of rotatable bonds is 6. The molecule has 0 unspecified atom stereocenters. The first-order valence-corrected chi connectivity index (χ1v) is 7.62. The van der Waals surface area contributed by atoms with Gasteiger partial charge < -0.3 is 9.63 Å². The van der Waals surface area contributed by atoms with Crippen LogP contribution in [0.1, 0.15) is 22.3 Å². The maximum absolute atomic E-state index is 12.1. The maximum atomic E-state index is 12.1. The molecular weight excluding hydrogens is 322 g/mol. The van der Waals surface area contributed by atoms with Gasteiger partial charge in [0.25, 0.3) is 0 Å². The van der Waals surface area contributed by atoms with Crippen molar-refractivity contribution in [3.8, 4) is 11.3 Å². The van der Waals surface area contributed by atoms with Crippen molar-refractivity contribution in [2.24, 2.45) is 0 Å². The number of carbonyl (C=O) groups is 2. The summed E-state index contributed by atoms with van der Waals surface area (Å²) in [6, 6.07) is 12.8. The SMILES string of the molecule is O=C(CCc1ccccc1)Nc1onc(-c2ccncc2)c1C(=O)O. The molecule has 1 amide bonds. The molecule has 0 bridgehead atoms. The maximum Gasteiger partial charge on any atom is 0.343 e. The van der Waals surface area contributed by atoms with Crippen molar-refractivity contribution in [3.63, 3.8) is 0 Å². The third kappa shape index (κ3) is 3.89. The Labute approximate surface area is 143 Å². The lowest BCUT2D eigenvalue weighted by molar-refractivity contribution is -0.116. The molecule has 0 aliphatic carbocycles. The Morgan fingerprint density at radius 1 is 1.08 bits per heavy atom. The normalized spacial score (nSPS) is 10.4. The minimum Gasteiger partial charge on any atom is -0.477 e. The van der Waals surface area contributed by atoms with Crippen LogP contribution in [0, 0.1) is 0 Å². The fraction of sp³-hybridized carbons (Fsp3) is 0.111. The second-order valence-electron chi connectivity index (χ2n) is 5.31. The van der Waals surface area contributed by atoms with E-state index in [2.05, 4.69) is 15.5 Å². The molecule has 2 N–H and O–H groups in total. The lowest BCUT2D eigenvalue weighted by Crippen LogP contribution is -2.14. The van der Waals surface area contributed by atoms with Gasteiger partial charge in [0.05, 0.1) is 0 Å². The summed E-state index contributed by atoms with van der Waals surface area (Å²) in [5, 5.41) is 15.7. The molecule has 126 valence electrons. The van der Waals surface area contributed by atoms with Gasteiger partial charge in [0.2, 0.25) is 11.8 Å². The number of nitrogens with zero attached hydrogens (tertiary/aromatic N) is 2. The van der Waals surface area contributed by atoms with Crippen LogP contribution in [-0.2, 0) is 11.2 Å². The van der Waals surface area contributed by atoms with Crippen LogP contribution >= 0.6 is 0 Å². The molecule has 0 saturated heterocycles. The summed E-state index contributed by atoms with van der Waals surface area (Å²) in [5.41, 5.74) is 1.53. The molecule has 25 heavy (non-hydrogen) atoms. The highest BCUT2D eigenvalue weighted by Gasteiger charge is 2.24. The fourth-order valence-electron chi connectivity index (χ4n) is 2.37. The molecule has 0 aliphatic rings. The molecule has 0 aliphatic heterocycles. The first kappa shape index (κ1) is 16.4. The number of pyridine rings is 1. The molecular formula is C18H15N3O4. The summed E-state index contributed by atoms with van der Waals surface area (Å²) in [7, 11) is 0. The van der Waals surface area contributed by atoms with Gasteiger partial charge in [-0.05, 0) is 24.1 Å². The van der Waals surface area contributed by atoms with Crippen LogP contribution in [0.4, 0.5) is 5.88 Å². The highest BCUT2D eigenvalue weighted by Crippen LogP contribution is 2.28. The van der Waals surface area contributed by atoms with Gasteiger partial charge in [-0.3, -0.25) is 15.1 Å². The minimum absolute atomic E-state index is 0.147. The van der Waals surface area contributed by atoms with E-state index in [0.717, 1.165) is 5.56 Å². The van der Waals surface area contributed by atoms with Crippen LogP contribution in [0.5, 0.6) is 0 Å². The average molecular weight is 337 g/mol. The van der Waals surface area contributed by atoms with Gasteiger partial charge in [-0.25, -0.2) is 4.79 Å². The Morgan fingerprint density at radius 3 is 2.48 bits per heavy atom. The summed E-state index contributed by atoms with van der Waals surface area (Å²) >= 11 is 0. The number of aromatic nitrogens is 2. The van der Waals surface area contributed by atoms with E-state index in [1.54, 1.807) is 12.1 Å². The highest BCUT2D eigenvalue weighted by atomic mass is 16.5. The van der Waals surface area contributed by atoms with E-state index in [0.29, 0.717) is 12.0 Å². The molecule has 0 radical (unpaired) electrons. The quantitative estimate of drug-likeness (QED) is 0.716. The lowest BCUT2D eigenvalue weighted by Gasteiger charge is -2.03. The van der Waals surface area contributed by atoms with Crippen molar-refractivity contribution in [1.82, 2.24) is 10.1 Å². The van der Waals surface area contributed by atoms with E-state index in [-0.39, 0.29) is 29.5 Å². The van der Waals surface area contributed by atoms with Crippen molar-refractivity contribution in [2.75, 3.05) is 5.32 Å². The molecule has 1 aromatic carbocycles. The molecule has 0 saturated carbocycles. The van der Waals surface area contributed by atoms with Gasteiger partial charge in [-0.1, -0.05) is 35.5 Å². The van der Waals surface area contributed by atoms with Crippen molar-refractivity contribution >= 4 is 17.8 Å². The summed E-state index contributed by atoms with van der Waals surface area (Å²) in [6.45, 7) is 0. The molecule has 0 atom stereocenters. The summed E-state index contributed by atoms with van der Waals surface area (Å²) in [4.78, 5) is 27.6. The third-order valence-corrected chi connectivity index (χ3v) is 3.60. The molecule has 3 aromatic rings. The van der Waals surface area contributed by atoms with E-state index in [1.807, 2.05) is 30.3 Å². The molecule has 2 aromatic heterocycles. The monoisotopic (exact) mass is 337 g/mol. The number of carboxylic acids is 1. The van der Waals surface area contributed by atoms with E-state index in [4.69, 9.17) is 4.52 Å². The number of benzene rings is 1. The van der Waals surface area contributed by atoms with Gasteiger partial charge in [0, 0.05) is 24.4 Å². The number of hydrogen-bond acceptors (Lipinski definition) is 5. The second-order valence-corrected chi connectivity index (χ2v) is 5.31. The molecule has 0 spiro atoms. The van der Waals surface area contributed by atoms with Crippen LogP contribution in [0.25, 0.3) is 11.3 Å². The summed E-state index contributed by atoms with van der Waals surface area (Å²) in [5.74, 6) is -1.74. The number of carbonyl (C=O) groups excluding carboxylic acids is 1. The molecule has 0 fully saturated rings. The zero-order valence-corrected chi connectivity index (χ0v) is 13.2. The van der Waals surface area contributed by atoms with Crippen molar-refractivity contribution in [3.05, 3.63) is 66.0 Å². The van der Waals surface area contributed by atoms with Crippen LogP contribution in [0.15, 0.2) is 59.4 Å². The largest absolute Gasteiger partial charge is 0.477 e. The van der Waals surface area contributed by atoms with E-state index >= 15 is 0 Å². The number of carboxylic acid groups (broad SMARTS) is 1. The second kappa shape index (κ2) is 7.39. The topological polar surface area (TPSA) is 105 Å². The lowest BCUT2D eigenvalue weighted by atomic mass is 10.1. The van der Waals surface area contributed by atoms with E-state index in [1.165, 1.54) is 12.4 Å². The summed E-state index contributed by atoms with van der Waals surface area (Å²) in [6.07, 6.45) is 3.79.